The Morgan fingerprint density at radius 3 is 2.58 bits per heavy atom. The van der Waals surface area contributed by atoms with Crippen LogP contribution in [0.25, 0.3) is 16.5 Å². The van der Waals surface area contributed by atoms with Crippen molar-refractivity contribution in [3.05, 3.63) is 89.8 Å². The molecule has 0 aliphatic rings. The largest absolute Gasteiger partial charge is 0.289 e. The van der Waals surface area contributed by atoms with Gasteiger partial charge in [-0.2, -0.15) is 4.68 Å². The van der Waals surface area contributed by atoms with Gasteiger partial charge in [0.1, 0.15) is 0 Å². The fourth-order valence-electron chi connectivity index (χ4n) is 2.67. The molecule has 0 aliphatic carbocycles. The summed E-state index contributed by atoms with van der Waals surface area (Å²) < 4.78 is 1.64. The normalized spacial score (nSPS) is 11.2. The third-order valence-corrected chi connectivity index (χ3v) is 4.63. The molecule has 3 aromatic carbocycles. The summed E-state index contributed by atoms with van der Waals surface area (Å²) in [6, 6.07) is 23.2. The second kappa shape index (κ2) is 7.33. The number of fused-ring (bicyclic) bond motifs is 1. The summed E-state index contributed by atoms with van der Waals surface area (Å²) in [5.74, 6) is -0.0481. The molecule has 6 heteroatoms. The molecule has 26 heavy (non-hydrogen) atoms. The van der Waals surface area contributed by atoms with Crippen LogP contribution in [0, 0.1) is 0 Å². The van der Waals surface area contributed by atoms with E-state index in [9.17, 15) is 4.79 Å². The van der Waals surface area contributed by atoms with Gasteiger partial charge in [-0.3, -0.25) is 4.79 Å². The van der Waals surface area contributed by atoms with E-state index in [1.807, 2.05) is 72.8 Å². The summed E-state index contributed by atoms with van der Waals surface area (Å²) in [6.07, 6.45) is 1.55. The fourth-order valence-corrected chi connectivity index (χ4v) is 3.31. The molecule has 0 aliphatic heterocycles. The van der Waals surface area contributed by atoms with Crippen LogP contribution in [0.15, 0.2) is 89.4 Å². The topological polar surface area (TPSA) is 60.7 Å². The lowest BCUT2D eigenvalue weighted by Crippen LogP contribution is -1.98. The van der Waals surface area contributed by atoms with E-state index in [1.54, 1.807) is 16.2 Å². The number of nitrogens with zero attached hydrogens (tertiary/aromatic N) is 4. The van der Waals surface area contributed by atoms with Crippen LogP contribution in [-0.4, -0.2) is 26.0 Å². The zero-order chi connectivity index (χ0) is 17.8. The SMILES string of the molecule is O=C(/C=C\Sc1nnnn1-c1ccccc1)c1cccc2ccccc12. The van der Waals surface area contributed by atoms with Gasteiger partial charge in [-0.15, -0.1) is 5.10 Å². The Morgan fingerprint density at radius 1 is 0.923 bits per heavy atom. The number of carbonyl (C=O) groups excluding carboxylic acids is 1. The van der Waals surface area contributed by atoms with Gasteiger partial charge in [0.25, 0.3) is 0 Å². The fraction of sp³-hybridized carbons (Fsp3) is 0. The highest BCUT2D eigenvalue weighted by atomic mass is 32.2. The monoisotopic (exact) mass is 358 g/mol. The first-order valence-corrected chi connectivity index (χ1v) is 8.90. The lowest BCUT2D eigenvalue weighted by atomic mass is 10.0. The summed E-state index contributed by atoms with van der Waals surface area (Å²) in [4.78, 5) is 12.6. The molecule has 0 bridgehead atoms. The summed E-state index contributed by atoms with van der Waals surface area (Å²) in [7, 11) is 0. The lowest BCUT2D eigenvalue weighted by Gasteiger charge is -2.03. The van der Waals surface area contributed by atoms with Gasteiger partial charge in [0.15, 0.2) is 5.78 Å². The maximum absolute atomic E-state index is 12.6. The number of hydrogen-bond acceptors (Lipinski definition) is 5. The Labute approximate surface area is 154 Å². The van der Waals surface area contributed by atoms with Crippen LogP contribution in [0.3, 0.4) is 0 Å². The number of carbonyl (C=O) groups is 1. The molecule has 0 amide bonds. The quantitative estimate of drug-likeness (QED) is 0.302. The highest BCUT2D eigenvalue weighted by Crippen LogP contribution is 2.22. The number of allylic oxidation sites excluding steroid dienone is 1. The van der Waals surface area contributed by atoms with E-state index in [0.29, 0.717) is 10.7 Å². The Balaban J connectivity index is 1.55. The van der Waals surface area contributed by atoms with Crippen molar-refractivity contribution in [1.29, 1.82) is 0 Å². The van der Waals surface area contributed by atoms with E-state index in [-0.39, 0.29) is 5.78 Å². The highest BCUT2D eigenvalue weighted by molar-refractivity contribution is 8.02. The lowest BCUT2D eigenvalue weighted by molar-refractivity contribution is 0.104. The molecular weight excluding hydrogens is 344 g/mol. The minimum atomic E-state index is -0.0481. The Hall–Kier alpha value is -3.25. The number of tetrazole rings is 1. The summed E-state index contributed by atoms with van der Waals surface area (Å²) in [6.45, 7) is 0. The molecule has 5 nitrogen and oxygen atoms in total. The zero-order valence-electron chi connectivity index (χ0n) is 13.7. The van der Waals surface area contributed by atoms with E-state index in [1.165, 1.54) is 11.8 Å². The number of rotatable bonds is 5. The molecule has 0 radical (unpaired) electrons. The van der Waals surface area contributed by atoms with Crippen LogP contribution in [-0.2, 0) is 0 Å². The average molecular weight is 358 g/mol. The highest BCUT2D eigenvalue weighted by Gasteiger charge is 2.09. The van der Waals surface area contributed by atoms with Gasteiger partial charge in [-0.25, -0.2) is 0 Å². The maximum atomic E-state index is 12.6. The molecule has 4 aromatic rings. The van der Waals surface area contributed by atoms with Crippen molar-refractivity contribution in [3.8, 4) is 5.69 Å². The molecule has 126 valence electrons. The minimum Gasteiger partial charge on any atom is -0.289 e. The Bertz CT molecular complexity index is 1080. The molecule has 1 aromatic heterocycles. The minimum absolute atomic E-state index is 0.0481. The van der Waals surface area contributed by atoms with Crippen molar-refractivity contribution in [1.82, 2.24) is 20.2 Å². The average Bonchev–Trinajstić information content (AvgIpc) is 3.16. The van der Waals surface area contributed by atoms with Crippen LogP contribution < -0.4 is 0 Å². The Kier molecular flexibility index (Phi) is 4.57. The summed E-state index contributed by atoms with van der Waals surface area (Å²) in [5.41, 5.74) is 1.55. The predicted octanol–water partition coefficient (Wildman–Crippen LogP) is 4.30. The second-order valence-corrected chi connectivity index (χ2v) is 6.39. The molecule has 1 heterocycles. The predicted molar refractivity (Wildman–Crippen MR) is 102 cm³/mol. The standard InChI is InChI=1S/C20H14N4OS/c25-19(18-12-6-8-15-7-4-5-11-17(15)18)13-14-26-20-21-22-23-24(20)16-9-2-1-3-10-16/h1-14H/b14-13-. The van der Waals surface area contributed by atoms with Gasteiger partial charge in [0, 0.05) is 5.56 Å². The second-order valence-electron chi connectivity index (χ2n) is 5.52. The third-order valence-electron chi connectivity index (χ3n) is 3.89. The molecular formula is C20H14N4OS. The third kappa shape index (κ3) is 3.27. The number of ketones is 1. The molecule has 0 fully saturated rings. The van der Waals surface area contributed by atoms with Gasteiger partial charge >= 0.3 is 0 Å². The van der Waals surface area contributed by atoms with Gasteiger partial charge in [0.2, 0.25) is 5.16 Å². The van der Waals surface area contributed by atoms with Crippen molar-refractivity contribution in [2.75, 3.05) is 0 Å². The van der Waals surface area contributed by atoms with Crippen molar-refractivity contribution >= 4 is 28.3 Å². The Morgan fingerprint density at radius 2 is 1.69 bits per heavy atom. The van der Waals surface area contributed by atoms with Gasteiger partial charge in [-0.1, -0.05) is 72.4 Å². The van der Waals surface area contributed by atoms with Gasteiger partial charge in [0.05, 0.1) is 5.69 Å². The van der Waals surface area contributed by atoms with E-state index in [0.717, 1.165) is 16.5 Å². The molecule has 0 saturated carbocycles. The van der Waals surface area contributed by atoms with Crippen molar-refractivity contribution in [2.45, 2.75) is 5.16 Å². The smallest absolute Gasteiger partial charge is 0.218 e. The molecule has 0 spiro atoms. The number of aromatic nitrogens is 4. The van der Waals surface area contributed by atoms with Crippen LogP contribution in [0.2, 0.25) is 0 Å². The summed E-state index contributed by atoms with van der Waals surface area (Å²) >= 11 is 1.30. The molecule has 0 atom stereocenters. The van der Waals surface area contributed by atoms with Crippen molar-refractivity contribution in [2.24, 2.45) is 0 Å². The van der Waals surface area contributed by atoms with E-state index in [2.05, 4.69) is 15.5 Å². The first-order valence-electron chi connectivity index (χ1n) is 8.02. The number of thioether (sulfide) groups is 1. The van der Waals surface area contributed by atoms with Crippen LogP contribution >= 0.6 is 11.8 Å². The van der Waals surface area contributed by atoms with Crippen LogP contribution in [0.5, 0.6) is 0 Å². The van der Waals surface area contributed by atoms with Crippen LogP contribution in [0.4, 0.5) is 0 Å². The first kappa shape index (κ1) is 16.2. The first-order chi connectivity index (χ1) is 12.8. The maximum Gasteiger partial charge on any atom is 0.218 e. The van der Waals surface area contributed by atoms with Gasteiger partial charge < -0.3 is 0 Å². The van der Waals surface area contributed by atoms with E-state index >= 15 is 0 Å². The number of hydrogen-bond donors (Lipinski definition) is 0. The zero-order valence-corrected chi connectivity index (χ0v) is 14.5. The van der Waals surface area contributed by atoms with E-state index in [4.69, 9.17) is 0 Å². The van der Waals surface area contributed by atoms with Crippen molar-refractivity contribution in [3.63, 3.8) is 0 Å². The number of benzene rings is 3. The molecule has 0 N–H and O–H groups in total. The summed E-state index contributed by atoms with van der Waals surface area (Å²) in [5, 5.41) is 16.0. The van der Waals surface area contributed by atoms with Gasteiger partial charge in [-0.05, 0) is 44.8 Å². The molecule has 0 saturated heterocycles. The van der Waals surface area contributed by atoms with Crippen molar-refractivity contribution < 1.29 is 4.79 Å². The molecule has 4 rings (SSSR count). The van der Waals surface area contributed by atoms with Crippen LogP contribution in [0.1, 0.15) is 10.4 Å². The molecule has 0 unspecified atom stereocenters. The number of para-hydroxylation sites is 1. The van der Waals surface area contributed by atoms with E-state index < -0.39 is 0 Å².